The van der Waals surface area contributed by atoms with Crippen LogP contribution in [0.25, 0.3) is 0 Å². The summed E-state index contributed by atoms with van der Waals surface area (Å²) in [5, 5.41) is 6.27. The van der Waals surface area contributed by atoms with Crippen molar-refractivity contribution in [3.63, 3.8) is 0 Å². The van der Waals surface area contributed by atoms with Gasteiger partial charge in [-0.2, -0.15) is 0 Å². The van der Waals surface area contributed by atoms with Gasteiger partial charge in [-0.3, -0.25) is 4.79 Å². The maximum absolute atomic E-state index is 10.6. The quantitative estimate of drug-likeness (QED) is 0.784. The molecular weight excluding hydrogens is 322 g/mol. The molecule has 4 nitrogen and oxygen atoms in total. The van der Waals surface area contributed by atoms with Crippen molar-refractivity contribution in [3.05, 3.63) is 59.7 Å². The Morgan fingerprint density at radius 1 is 1.12 bits per heavy atom. The van der Waals surface area contributed by atoms with Crippen LogP contribution in [0.2, 0.25) is 0 Å². The third kappa shape index (κ3) is 3.61. The lowest BCUT2D eigenvalue weighted by molar-refractivity contribution is -0.105. The molecule has 136 valence electrons. The van der Waals surface area contributed by atoms with E-state index in [0.29, 0.717) is 12.0 Å². The molecule has 2 aromatic carbocycles. The van der Waals surface area contributed by atoms with E-state index < -0.39 is 0 Å². The minimum absolute atomic E-state index is 0.529. The average molecular weight is 349 g/mol. The predicted molar refractivity (Wildman–Crippen MR) is 107 cm³/mol. The Hall–Kier alpha value is -2.33. The van der Waals surface area contributed by atoms with E-state index in [9.17, 15) is 4.79 Å². The first kappa shape index (κ1) is 17.1. The summed E-state index contributed by atoms with van der Waals surface area (Å²) in [5.74, 6) is 0.717. The smallest absolute Gasteiger partial charge is 0.211 e. The lowest BCUT2D eigenvalue weighted by Gasteiger charge is -2.38. The first-order chi connectivity index (χ1) is 12.8. The van der Waals surface area contributed by atoms with Crippen LogP contribution in [-0.4, -0.2) is 32.1 Å². The molecule has 2 atom stereocenters. The Bertz CT molecular complexity index is 743. The van der Waals surface area contributed by atoms with E-state index in [1.54, 1.807) is 11.1 Å². The second kappa shape index (κ2) is 7.92. The van der Waals surface area contributed by atoms with E-state index >= 15 is 0 Å². The largest absolute Gasteiger partial charge is 0.366 e. The van der Waals surface area contributed by atoms with Crippen molar-refractivity contribution in [3.8, 4) is 0 Å². The number of rotatable bonds is 6. The molecule has 1 aliphatic heterocycles. The van der Waals surface area contributed by atoms with Gasteiger partial charge in [-0.05, 0) is 67.0 Å². The fraction of sp³-hybridized carbons (Fsp3) is 0.409. The van der Waals surface area contributed by atoms with Gasteiger partial charge in [0.15, 0.2) is 0 Å². The van der Waals surface area contributed by atoms with Gasteiger partial charge in [-0.15, -0.1) is 0 Å². The van der Waals surface area contributed by atoms with Crippen LogP contribution in [0.4, 0.5) is 11.4 Å². The highest BCUT2D eigenvalue weighted by Gasteiger charge is 2.26. The fourth-order valence-electron chi connectivity index (χ4n) is 4.51. The minimum Gasteiger partial charge on any atom is -0.366 e. The number of benzene rings is 2. The maximum atomic E-state index is 10.6. The normalized spacial score (nSPS) is 22.1. The molecule has 0 radical (unpaired) electrons. The van der Waals surface area contributed by atoms with Gasteiger partial charge < -0.3 is 15.5 Å². The van der Waals surface area contributed by atoms with Gasteiger partial charge in [-0.25, -0.2) is 0 Å². The van der Waals surface area contributed by atoms with Crippen LogP contribution < -0.4 is 15.5 Å². The van der Waals surface area contributed by atoms with Crippen LogP contribution in [0, 0.1) is 0 Å². The molecule has 1 amide bonds. The van der Waals surface area contributed by atoms with Gasteiger partial charge in [0, 0.05) is 37.1 Å². The number of piperazine rings is 1. The number of fused-ring (bicyclic) bond motifs is 1. The summed E-state index contributed by atoms with van der Waals surface area (Å²) in [4.78, 5) is 13.1. The van der Waals surface area contributed by atoms with Crippen molar-refractivity contribution in [2.45, 2.75) is 37.6 Å². The molecule has 2 aromatic rings. The maximum Gasteiger partial charge on any atom is 0.211 e. The van der Waals surface area contributed by atoms with E-state index in [1.807, 2.05) is 12.1 Å². The van der Waals surface area contributed by atoms with Gasteiger partial charge in [-0.1, -0.05) is 24.3 Å². The summed E-state index contributed by atoms with van der Waals surface area (Å²) in [6.07, 6.45) is 5.72. The number of amides is 1. The number of nitrogens with one attached hydrogen (secondary N) is 2. The number of aryl methyl sites for hydroxylation is 1. The third-order valence-corrected chi connectivity index (χ3v) is 5.88. The second-order valence-electron chi connectivity index (χ2n) is 7.37. The van der Waals surface area contributed by atoms with Crippen LogP contribution in [0.1, 0.15) is 36.3 Å². The van der Waals surface area contributed by atoms with Crippen LogP contribution in [-0.2, 0) is 11.2 Å². The van der Waals surface area contributed by atoms with Gasteiger partial charge >= 0.3 is 0 Å². The van der Waals surface area contributed by atoms with Crippen molar-refractivity contribution >= 4 is 17.8 Å². The summed E-state index contributed by atoms with van der Waals surface area (Å²) < 4.78 is 0. The number of anilines is 2. The Morgan fingerprint density at radius 3 is 2.81 bits per heavy atom. The SMILES string of the molecule is O=CNc1ccc(N2CCNCC2CCC2CCc3ccccc32)cc1. The summed E-state index contributed by atoms with van der Waals surface area (Å²) in [7, 11) is 0. The van der Waals surface area contributed by atoms with E-state index in [-0.39, 0.29) is 0 Å². The Balaban J connectivity index is 1.42. The molecule has 1 fully saturated rings. The molecule has 4 heteroatoms. The lowest BCUT2D eigenvalue weighted by atomic mass is 9.93. The van der Waals surface area contributed by atoms with E-state index in [1.165, 1.54) is 31.4 Å². The first-order valence-corrected chi connectivity index (χ1v) is 9.70. The molecule has 1 aliphatic carbocycles. The van der Waals surface area contributed by atoms with Crippen LogP contribution >= 0.6 is 0 Å². The monoisotopic (exact) mass is 349 g/mol. The van der Waals surface area contributed by atoms with Gasteiger partial charge in [0.1, 0.15) is 0 Å². The third-order valence-electron chi connectivity index (χ3n) is 5.88. The number of nitrogens with zero attached hydrogens (tertiary/aromatic N) is 1. The molecule has 0 aromatic heterocycles. The zero-order chi connectivity index (χ0) is 17.8. The minimum atomic E-state index is 0.529. The van der Waals surface area contributed by atoms with Crippen LogP contribution in [0.5, 0.6) is 0 Å². The molecule has 0 saturated carbocycles. The highest BCUT2D eigenvalue weighted by molar-refractivity contribution is 5.72. The van der Waals surface area contributed by atoms with E-state index in [4.69, 9.17) is 0 Å². The molecule has 0 spiro atoms. The molecule has 26 heavy (non-hydrogen) atoms. The molecular formula is C22H27N3O. The topological polar surface area (TPSA) is 44.4 Å². The molecule has 1 saturated heterocycles. The fourth-order valence-corrected chi connectivity index (χ4v) is 4.51. The van der Waals surface area contributed by atoms with Gasteiger partial charge in [0.25, 0.3) is 0 Å². The van der Waals surface area contributed by atoms with Gasteiger partial charge in [0.2, 0.25) is 6.41 Å². The number of hydrogen-bond donors (Lipinski definition) is 2. The Morgan fingerprint density at radius 2 is 1.96 bits per heavy atom. The average Bonchev–Trinajstić information content (AvgIpc) is 3.11. The lowest BCUT2D eigenvalue weighted by Crippen LogP contribution is -2.51. The zero-order valence-corrected chi connectivity index (χ0v) is 15.2. The van der Waals surface area contributed by atoms with Crippen LogP contribution in [0.15, 0.2) is 48.5 Å². The van der Waals surface area contributed by atoms with E-state index in [0.717, 1.165) is 31.7 Å². The summed E-state index contributed by atoms with van der Waals surface area (Å²) in [5.41, 5.74) is 5.22. The molecule has 2 unspecified atom stereocenters. The van der Waals surface area contributed by atoms with Crippen molar-refractivity contribution in [2.24, 2.45) is 0 Å². The Labute approximate surface area is 155 Å². The summed E-state index contributed by atoms with van der Waals surface area (Å²) >= 11 is 0. The predicted octanol–water partition coefficient (Wildman–Crippen LogP) is 3.54. The highest BCUT2D eigenvalue weighted by Crippen LogP contribution is 2.37. The summed E-state index contributed by atoms with van der Waals surface area (Å²) in [6, 6.07) is 17.7. The Kier molecular flexibility index (Phi) is 5.21. The number of carbonyl (C=O) groups is 1. The van der Waals surface area contributed by atoms with Crippen LogP contribution in [0.3, 0.4) is 0 Å². The standard InChI is InChI=1S/C22H27N3O/c26-16-24-19-8-11-20(12-9-19)25-14-13-23-15-21(25)10-7-18-6-5-17-3-1-2-4-22(17)18/h1-4,8-9,11-12,16,18,21,23H,5-7,10,13-15H2,(H,24,26). The molecule has 2 aliphatic rings. The molecule has 0 bridgehead atoms. The molecule has 1 heterocycles. The second-order valence-corrected chi connectivity index (χ2v) is 7.37. The highest BCUT2D eigenvalue weighted by atomic mass is 16.1. The molecule has 2 N–H and O–H groups in total. The zero-order valence-electron chi connectivity index (χ0n) is 15.2. The van der Waals surface area contributed by atoms with Crippen molar-refractivity contribution in [1.82, 2.24) is 5.32 Å². The van der Waals surface area contributed by atoms with E-state index in [2.05, 4.69) is 51.9 Å². The number of hydrogen-bond acceptors (Lipinski definition) is 3. The number of carbonyl (C=O) groups excluding carboxylic acids is 1. The van der Waals surface area contributed by atoms with Crippen molar-refractivity contribution in [2.75, 3.05) is 29.9 Å². The molecule has 4 rings (SSSR count). The van der Waals surface area contributed by atoms with Crippen molar-refractivity contribution < 1.29 is 4.79 Å². The summed E-state index contributed by atoms with van der Waals surface area (Å²) in [6.45, 7) is 3.10. The first-order valence-electron chi connectivity index (χ1n) is 9.70. The van der Waals surface area contributed by atoms with Crippen molar-refractivity contribution in [1.29, 1.82) is 0 Å². The van der Waals surface area contributed by atoms with Gasteiger partial charge in [0.05, 0.1) is 0 Å².